The molecule has 0 saturated carbocycles. The lowest BCUT2D eigenvalue weighted by Gasteiger charge is -2.37. The fraction of sp³-hybridized carbons (Fsp3) is 0.875. The van der Waals surface area contributed by atoms with Crippen LogP contribution in [-0.2, 0) is 4.79 Å². The Morgan fingerprint density at radius 1 is 1.54 bits per heavy atom. The number of hydrogen-bond donors (Lipinski definition) is 2. The molecule has 2 saturated heterocycles. The molecule has 2 fully saturated rings. The largest absolute Gasteiger partial charge is 0.479 e. The lowest BCUT2D eigenvalue weighted by molar-refractivity contribution is -0.170. The van der Waals surface area contributed by atoms with Gasteiger partial charge in [-0.2, -0.15) is 0 Å². The molecule has 5 heteroatoms. The molecule has 13 heavy (non-hydrogen) atoms. The van der Waals surface area contributed by atoms with Crippen molar-refractivity contribution in [2.45, 2.75) is 18.2 Å². The van der Waals surface area contributed by atoms with Gasteiger partial charge in [-0.1, -0.05) is 0 Å². The third kappa shape index (κ3) is 1.07. The van der Waals surface area contributed by atoms with E-state index in [0.29, 0.717) is 19.5 Å². The van der Waals surface area contributed by atoms with E-state index in [-0.39, 0.29) is 6.54 Å². The Morgan fingerprint density at radius 3 is 2.85 bits per heavy atom. The van der Waals surface area contributed by atoms with Crippen molar-refractivity contribution in [2.24, 2.45) is 5.92 Å². The molecule has 0 aromatic carbocycles. The quantitative estimate of drug-likeness (QED) is 0.582. The minimum Gasteiger partial charge on any atom is -0.479 e. The second-order valence-corrected chi connectivity index (χ2v) is 3.83. The molecule has 0 spiro atoms. The Kier molecular flexibility index (Phi) is 1.82. The molecule has 0 aromatic heterocycles. The highest BCUT2D eigenvalue weighted by Crippen LogP contribution is 2.38. The van der Waals surface area contributed by atoms with Gasteiger partial charge in [-0.15, -0.1) is 0 Å². The fourth-order valence-electron chi connectivity index (χ4n) is 2.31. The van der Waals surface area contributed by atoms with Crippen molar-refractivity contribution in [2.75, 3.05) is 19.6 Å². The number of carboxylic acid groups (broad SMARTS) is 1. The van der Waals surface area contributed by atoms with Crippen LogP contribution in [0.15, 0.2) is 0 Å². The maximum atomic E-state index is 13.9. The smallest absolute Gasteiger partial charge is 0.344 e. The van der Waals surface area contributed by atoms with E-state index in [9.17, 15) is 14.3 Å². The van der Waals surface area contributed by atoms with Crippen LogP contribution in [-0.4, -0.2) is 52.5 Å². The summed E-state index contributed by atoms with van der Waals surface area (Å²) in [5, 5.41) is 18.1. The van der Waals surface area contributed by atoms with Crippen LogP contribution in [0, 0.1) is 5.92 Å². The van der Waals surface area contributed by atoms with Crippen molar-refractivity contribution in [3.8, 4) is 0 Å². The van der Waals surface area contributed by atoms with Crippen molar-refractivity contribution >= 4 is 5.97 Å². The lowest BCUT2D eigenvalue weighted by Crippen LogP contribution is -2.58. The van der Waals surface area contributed by atoms with Crippen molar-refractivity contribution < 1.29 is 19.4 Å². The maximum absolute atomic E-state index is 13.9. The molecule has 0 amide bonds. The maximum Gasteiger partial charge on any atom is 0.344 e. The van der Waals surface area contributed by atoms with E-state index < -0.39 is 23.7 Å². The van der Waals surface area contributed by atoms with Gasteiger partial charge in [0.25, 0.3) is 0 Å². The number of alkyl halides is 1. The van der Waals surface area contributed by atoms with E-state index >= 15 is 0 Å². The molecule has 2 rings (SSSR count). The van der Waals surface area contributed by atoms with Crippen molar-refractivity contribution in [3.05, 3.63) is 0 Å². The number of piperidine rings is 1. The predicted molar refractivity (Wildman–Crippen MR) is 42.0 cm³/mol. The molecule has 0 aromatic rings. The first-order valence-electron chi connectivity index (χ1n) is 4.38. The van der Waals surface area contributed by atoms with Crippen LogP contribution in [0.1, 0.15) is 6.42 Å². The monoisotopic (exact) mass is 189 g/mol. The summed E-state index contributed by atoms with van der Waals surface area (Å²) in [7, 11) is 0. The number of fused-ring (bicyclic) bond motifs is 2. The van der Waals surface area contributed by atoms with Crippen LogP contribution in [0.5, 0.6) is 0 Å². The molecule has 2 N–H and O–H groups in total. The van der Waals surface area contributed by atoms with Crippen molar-refractivity contribution in [1.82, 2.24) is 4.90 Å². The second-order valence-electron chi connectivity index (χ2n) is 3.83. The summed E-state index contributed by atoms with van der Waals surface area (Å²) in [5.74, 6) is -2.07. The lowest BCUT2D eigenvalue weighted by atomic mass is 9.82. The summed E-state index contributed by atoms with van der Waals surface area (Å²) in [5.41, 5.74) is -2.42. The average Bonchev–Trinajstić information content (AvgIpc) is 2.46. The summed E-state index contributed by atoms with van der Waals surface area (Å²) in [6.07, 6.45) is -0.855. The number of hydrogen-bond acceptors (Lipinski definition) is 3. The molecule has 2 aliphatic heterocycles. The van der Waals surface area contributed by atoms with Crippen LogP contribution in [0.2, 0.25) is 0 Å². The van der Waals surface area contributed by atoms with Crippen molar-refractivity contribution in [1.29, 1.82) is 0 Å². The van der Waals surface area contributed by atoms with Gasteiger partial charge in [0.1, 0.15) is 6.10 Å². The van der Waals surface area contributed by atoms with Crippen LogP contribution < -0.4 is 0 Å². The van der Waals surface area contributed by atoms with E-state index in [1.807, 2.05) is 4.90 Å². The van der Waals surface area contributed by atoms with Crippen LogP contribution in [0.25, 0.3) is 0 Å². The molecular formula is C8H12FNO3. The summed E-state index contributed by atoms with van der Waals surface area (Å²) in [4.78, 5) is 12.6. The highest BCUT2D eigenvalue weighted by Gasteiger charge is 2.58. The number of nitrogens with zero attached hydrogens (tertiary/aromatic N) is 1. The normalized spacial score (nSPS) is 49.2. The molecule has 0 radical (unpaired) electrons. The predicted octanol–water partition coefficient (Wildman–Crippen LogP) is -0.524. The number of carboxylic acids is 1. The van der Waals surface area contributed by atoms with E-state index in [1.54, 1.807) is 0 Å². The fourth-order valence-corrected chi connectivity index (χ4v) is 2.31. The molecule has 2 bridgehead atoms. The zero-order chi connectivity index (χ0) is 9.64. The number of rotatable bonds is 1. The Bertz CT molecular complexity index is 248. The van der Waals surface area contributed by atoms with Gasteiger partial charge in [0.15, 0.2) is 0 Å². The molecule has 4 nitrogen and oxygen atoms in total. The summed E-state index contributed by atoms with van der Waals surface area (Å²) in [6.45, 7) is 1.29. The van der Waals surface area contributed by atoms with E-state index in [0.717, 1.165) is 0 Å². The number of halogens is 1. The third-order valence-electron chi connectivity index (χ3n) is 3.11. The van der Waals surface area contributed by atoms with Gasteiger partial charge < -0.3 is 15.1 Å². The number of aliphatic carboxylic acids is 1. The first kappa shape index (κ1) is 8.90. The zero-order valence-corrected chi connectivity index (χ0v) is 7.11. The second kappa shape index (κ2) is 2.65. The third-order valence-corrected chi connectivity index (χ3v) is 3.11. The molecular weight excluding hydrogens is 177 g/mol. The first-order chi connectivity index (χ1) is 6.05. The minimum atomic E-state index is -2.42. The Morgan fingerprint density at radius 2 is 2.23 bits per heavy atom. The van der Waals surface area contributed by atoms with Gasteiger partial charge in [0.05, 0.1) is 0 Å². The molecule has 2 heterocycles. The molecule has 0 aliphatic carbocycles. The van der Waals surface area contributed by atoms with Gasteiger partial charge >= 0.3 is 5.97 Å². The van der Waals surface area contributed by atoms with Crippen LogP contribution >= 0.6 is 0 Å². The highest BCUT2D eigenvalue weighted by molar-refractivity contribution is 5.79. The van der Waals surface area contributed by atoms with E-state index in [2.05, 4.69) is 0 Å². The first-order valence-corrected chi connectivity index (χ1v) is 4.38. The summed E-state index contributed by atoms with van der Waals surface area (Å²) in [6, 6.07) is 0. The Hall–Kier alpha value is -0.680. The van der Waals surface area contributed by atoms with Crippen molar-refractivity contribution in [3.63, 3.8) is 0 Å². The van der Waals surface area contributed by atoms with Gasteiger partial charge in [-0.3, -0.25) is 0 Å². The minimum absolute atomic E-state index is 0.138. The summed E-state index contributed by atoms with van der Waals surface area (Å²) < 4.78 is 13.9. The van der Waals surface area contributed by atoms with Gasteiger partial charge in [0, 0.05) is 19.0 Å². The van der Waals surface area contributed by atoms with Gasteiger partial charge in [0.2, 0.25) is 5.67 Å². The van der Waals surface area contributed by atoms with Crippen LogP contribution in [0.4, 0.5) is 4.39 Å². The average molecular weight is 189 g/mol. The topological polar surface area (TPSA) is 60.8 Å². The highest BCUT2D eigenvalue weighted by atomic mass is 19.1. The SMILES string of the molecule is O=C(O)C1(F)C(O)CN2CCC1C2. The Balaban J connectivity index is 2.29. The molecule has 4 unspecified atom stereocenters. The zero-order valence-electron chi connectivity index (χ0n) is 7.11. The molecule has 74 valence electrons. The van der Waals surface area contributed by atoms with Gasteiger partial charge in [-0.25, -0.2) is 9.18 Å². The van der Waals surface area contributed by atoms with Crippen LogP contribution in [0.3, 0.4) is 0 Å². The van der Waals surface area contributed by atoms with Gasteiger partial charge in [-0.05, 0) is 13.0 Å². The number of carbonyl (C=O) groups is 1. The Labute approximate surface area is 75.0 Å². The molecule has 4 atom stereocenters. The van der Waals surface area contributed by atoms with E-state index in [4.69, 9.17) is 5.11 Å². The molecule has 2 aliphatic rings. The number of aliphatic hydroxyl groups is 1. The standard InChI is InChI=1S/C8H12FNO3/c9-8(7(12)13)5-1-2-10(3-5)4-6(8)11/h5-6,11H,1-4H2,(H,12,13). The van der Waals surface area contributed by atoms with E-state index in [1.165, 1.54) is 0 Å². The summed E-state index contributed by atoms with van der Waals surface area (Å²) >= 11 is 0. The number of aliphatic hydroxyl groups excluding tert-OH is 1.